The van der Waals surface area contributed by atoms with E-state index in [4.69, 9.17) is 75.3 Å². The summed E-state index contributed by atoms with van der Waals surface area (Å²) in [4.78, 5) is 39.6. The molecule has 2 saturated heterocycles. The molecule has 0 radical (unpaired) electrons. The topological polar surface area (TPSA) is 130 Å². The Balaban J connectivity index is 0.000000218. The van der Waals surface area contributed by atoms with E-state index in [9.17, 15) is 62.3 Å². The molecule has 412 valence electrons. The van der Waals surface area contributed by atoms with Crippen LogP contribution in [0.5, 0.6) is 0 Å². The summed E-state index contributed by atoms with van der Waals surface area (Å²) in [5, 5.41) is 1.33. The SMILES string of the molecule is FC(F)(F)c1nc(N2CCC(c3cc(Cl)c(Cl)c(Cl)c3)(C(F)(F)F)C2)ncc1CBr.NC(=O)c1ccccc1.O=C(NCc1cnc(N2CCC(c3cc(Cl)c(Cl)c(Cl)c3)(C(F)(F)F)C2)nc1C(F)(F)F)c1ccccc1. The zero-order valence-electron chi connectivity index (χ0n) is 38.7. The number of rotatable bonds is 9. The summed E-state index contributed by atoms with van der Waals surface area (Å²) < 4.78 is 167. The molecular formula is C48H35BrCl6F12N8O2. The number of hydrogen-bond donors (Lipinski definition) is 2. The second-order valence-corrected chi connectivity index (χ2v) is 20.0. The first-order valence-electron chi connectivity index (χ1n) is 21.9. The summed E-state index contributed by atoms with van der Waals surface area (Å²) in [6.07, 6.45) is -18.5. The quantitative estimate of drug-likeness (QED) is 0.0832. The Hall–Kier alpha value is -5.04. The largest absolute Gasteiger partial charge is 0.433 e. The predicted molar refractivity (Wildman–Crippen MR) is 271 cm³/mol. The van der Waals surface area contributed by atoms with Crippen LogP contribution in [0.15, 0.2) is 97.3 Å². The number of alkyl halides is 13. The number of carbonyl (C=O) groups excluding carboxylic acids is 2. The minimum absolute atomic E-state index is 0.0854. The van der Waals surface area contributed by atoms with Gasteiger partial charge in [-0.2, -0.15) is 52.7 Å². The van der Waals surface area contributed by atoms with Crippen LogP contribution in [0.25, 0.3) is 0 Å². The maximum atomic E-state index is 14.4. The summed E-state index contributed by atoms with van der Waals surface area (Å²) in [5.41, 5.74) is -2.90. The van der Waals surface area contributed by atoms with Crippen LogP contribution in [0.3, 0.4) is 0 Å². The smallest absolute Gasteiger partial charge is 0.366 e. The third-order valence-electron chi connectivity index (χ3n) is 12.2. The predicted octanol–water partition coefficient (Wildman–Crippen LogP) is 14.9. The van der Waals surface area contributed by atoms with E-state index in [1.54, 1.807) is 42.5 Å². The van der Waals surface area contributed by atoms with Crippen molar-refractivity contribution in [3.8, 4) is 0 Å². The fraction of sp³-hybridized carbons (Fsp3) is 0.292. The third kappa shape index (κ3) is 13.9. The highest BCUT2D eigenvalue weighted by atomic mass is 79.9. The Morgan fingerprint density at radius 3 is 1.29 bits per heavy atom. The summed E-state index contributed by atoms with van der Waals surface area (Å²) in [7, 11) is 0. The molecule has 2 aliphatic heterocycles. The van der Waals surface area contributed by atoms with Gasteiger partial charge in [0, 0.05) is 72.7 Å². The minimum atomic E-state index is -4.96. The van der Waals surface area contributed by atoms with Gasteiger partial charge in [-0.15, -0.1) is 0 Å². The number of anilines is 2. The zero-order valence-corrected chi connectivity index (χ0v) is 44.8. The van der Waals surface area contributed by atoms with Crippen LogP contribution in [0.4, 0.5) is 64.6 Å². The standard InChI is InChI=1S/C24H17Cl3F6N4O.C17H11BrCl3F6N3.C7H7NO/c25-16-8-15(9-17(26)18(16)27)22(24(31,32)33)6-7-37(12-22)21-35-11-14(19(36-21)23(28,29)30)10-34-20(38)13-4-2-1-3-5-13;18-5-8-6-28-14(29-13(8)16(22,23)24)30-2-1-15(7-30,17(25,26)27)9-3-10(19)12(21)11(20)4-9;8-7(9)6-4-2-1-3-5-6/h1-5,8-9,11H,6-7,10,12H2,(H,34,38);3-4,6H,1-2,5,7H2;1-5H,(H2,8,9). The van der Waals surface area contributed by atoms with E-state index in [2.05, 4.69) is 41.2 Å². The van der Waals surface area contributed by atoms with Crippen LogP contribution < -0.4 is 20.9 Å². The highest BCUT2D eigenvalue weighted by molar-refractivity contribution is 9.08. The summed E-state index contributed by atoms with van der Waals surface area (Å²) in [6.45, 7) is -2.53. The summed E-state index contributed by atoms with van der Waals surface area (Å²) in [5.74, 6) is -1.97. The van der Waals surface area contributed by atoms with Crippen molar-refractivity contribution < 1.29 is 62.3 Å². The van der Waals surface area contributed by atoms with Gasteiger partial charge in [0.2, 0.25) is 17.8 Å². The van der Waals surface area contributed by atoms with Gasteiger partial charge < -0.3 is 20.9 Å². The number of halogens is 19. The molecule has 2 unspecified atom stereocenters. The summed E-state index contributed by atoms with van der Waals surface area (Å²) >= 11 is 38.4. The second-order valence-electron chi connectivity index (χ2n) is 17.0. The molecule has 8 rings (SSSR count). The molecule has 29 heteroatoms. The number of hydrogen-bond acceptors (Lipinski definition) is 8. The molecule has 6 aromatic rings. The van der Waals surface area contributed by atoms with Gasteiger partial charge in [0.25, 0.3) is 5.91 Å². The first-order chi connectivity index (χ1) is 35.8. The lowest BCUT2D eigenvalue weighted by Crippen LogP contribution is -2.45. The lowest BCUT2D eigenvalue weighted by atomic mass is 9.79. The minimum Gasteiger partial charge on any atom is -0.366 e. The number of nitrogens with zero attached hydrogens (tertiary/aromatic N) is 6. The molecule has 77 heavy (non-hydrogen) atoms. The monoisotopic (exact) mass is 1270 g/mol. The first-order valence-corrected chi connectivity index (χ1v) is 25.3. The average Bonchev–Trinajstić information content (AvgIpc) is 4.09. The Morgan fingerprint density at radius 2 is 0.948 bits per heavy atom. The van der Waals surface area contributed by atoms with Gasteiger partial charge in [0.05, 0.1) is 30.1 Å². The van der Waals surface area contributed by atoms with Crippen LogP contribution in [-0.2, 0) is 35.1 Å². The molecular weight excluding hydrogens is 1240 g/mol. The van der Waals surface area contributed by atoms with Crippen LogP contribution >= 0.6 is 85.5 Å². The number of carbonyl (C=O) groups is 2. The van der Waals surface area contributed by atoms with Gasteiger partial charge in [-0.3, -0.25) is 9.59 Å². The number of primary amides is 1. The fourth-order valence-electron chi connectivity index (χ4n) is 8.17. The van der Waals surface area contributed by atoms with Gasteiger partial charge in [0.15, 0.2) is 11.4 Å². The molecule has 4 heterocycles. The summed E-state index contributed by atoms with van der Waals surface area (Å²) in [6, 6.07) is 20.8. The second kappa shape index (κ2) is 24.1. The number of nitrogens with two attached hydrogens (primary N) is 1. The number of amides is 2. The third-order valence-corrected chi connectivity index (χ3v) is 15.2. The molecule has 0 bridgehead atoms. The van der Waals surface area contributed by atoms with Crippen molar-refractivity contribution in [2.45, 2.75) is 60.3 Å². The lowest BCUT2D eigenvalue weighted by Gasteiger charge is -2.32. The lowest BCUT2D eigenvalue weighted by molar-refractivity contribution is -0.185. The molecule has 0 saturated carbocycles. The Labute approximate surface area is 468 Å². The van der Waals surface area contributed by atoms with Crippen LogP contribution in [0.1, 0.15) is 67.2 Å². The maximum absolute atomic E-state index is 14.4. The first kappa shape index (κ1) is 61.2. The number of benzene rings is 4. The maximum Gasteiger partial charge on any atom is 0.433 e. The van der Waals surface area contributed by atoms with Crippen molar-refractivity contribution in [3.05, 3.63) is 172 Å². The van der Waals surface area contributed by atoms with Crippen LogP contribution in [0.2, 0.25) is 30.1 Å². The van der Waals surface area contributed by atoms with E-state index < -0.39 is 103 Å². The zero-order chi connectivity index (χ0) is 57.1. The van der Waals surface area contributed by atoms with Crippen LogP contribution in [-0.4, -0.2) is 70.3 Å². The van der Waals surface area contributed by atoms with E-state index in [1.165, 1.54) is 12.1 Å². The molecule has 2 aliphatic rings. The normalized spacial score (nSPS) is 17.8. The molecule has 2 atom stereocenters. The number of aromatic nitrogens is 4. The fourth-order valence-corrected chi connectivity index (χ4v) is 9.78. The highest BCUT2D eigenvalue weighted by Crippen LogP contribution is 2.52. The molecule has 2 fully saturated rings. The van der Waals surface area contributed by atoms with Crippen molar-refractivity contribution in [2.24, 2.45) is 5.73 Å². The van der Waals surface area contributed by atoms with E-state index in [1.807, 2.05) is 6.07 Å². The molecule has 2 amide bonds. The molecule has 0 aliphatic carbocycles. The van der Waals surface area contributed by atoms with Crippen molar-refractivity contribution in [1.29, 1.82) is 0 Å². The molecule has 10 nitrogen and oxygen atoms in total. The van der Waals surface area contributed by atoms with Crippen LogP contribution in [0, 0.1) is 0 Å². The van der Waals surface area contributed by atoms with Gasteiger partial charge in [-0.25, -0.2) is 19.9 Å². The number of nitrogens with one attached hydrogen (secondary N) is 1. The van der Waals surface area contributed by atoms with Crippen molar-refractivity contribution >= 4 is 109 Å². The molecule has 0 spiro atoms. The van der Waals surface area contributed by atoms with Gasteiger partial charge >= 0.3 is 24.7 Å². The van der Waals surface area contributed by atoms with Crippen molar-refractivity contribution in [1.82, 2.24) is 25.3 Å². The molecule has 2 aromatic heterocycles. The van der Waals surface area contributed by atoms with E-state index >= 15 is 0 Å². The van der Waals surface area contributed by atoms with E-state index in [0.717, 1.165) is 46.5 Å². The average molecular weight is 1280 g/mol. The Bertz CT molecular complexity index is 3060. The van der Waals surface area contributed by atoms with Gasteiger partial charge in [-0.05, 0) is 72.5 Å². The van der Waals surface area contributed by atoms with Crippen molar-refractivity contribution in [3.63, 3.8) is 0 Å². The Kier molecular flexibility index (Phi) is 19.2. The van der Waals surface area contributed by atoms with E-state index in [-0.39, 0.29) is 76.7 Å². The van der Waals surface area contributed by atoms with Gasteiger partial charge in [0.1, 0.15) is 10.8 Å². The Morgan fingerprint density at radius 1 is 0.584 bits per heavy atom. The van der Waals surface area contributed by atoms with Gasteiger partial charge in [-0.1, -0.05) is 122 Å². The van der Waals surface area contributed by atoms with E-state index in [0.29, 0.717) is 5.56 Å². The molecule has 3 N–H and O–H groups in total. The molecule has 4 aromatic carbocycles. The van der Waals surface area contributed by atoms with Crippen molar-refractivity contribution in [2.75, 3.05) is 36.0 Å². The highest BCUT2D eigenvalue weighted by Gasteiger charge is 2.61.